The number of benzene rings is 2. The van der Waals surface area contributed by atoms with Crippen LogP contribution >= 0.6 is 0 Å². The van der Waals surface area contributed by atoms with Gasteiger partial charge in [0, 0.05) is 34.3 Å². The standard InChI is InChI=1S/C27H34N2O2/c1-4-29(5-2)15-9-10-18(3)28-25-14-8-11-19-16-23-24(17-22(19)25)27(31)21-13-7-6-12-20(21)26(23)30/h6-7,12-13,16-18,25,28H,4-5,8-11,14-15H2,1-3H3/t18-,25-/m1/s1. The molecule has 0 saturated carbocycles. The molecule has 2 aromatic rings. The number of carbonyl (C=O) groups is 2. The van der Waals surface area contributed by atoms with Crippen LogP contribution in [0.5, 0.6) is 0 Å². The highest BCUT2D eigenvalue weighted by molar-refractivity contribution is 6.28. The number of ketones is 2. The molecule has 0 fully saturated rings. The Kier molecular flexibility index (Phi) is 6.68. The highest BCUT2D eigenvalue weighted by Gasteiger charge is 2.32. The fraction of sp³-hybridized carbons (Fsp3) is 0.481. The molecule has 4 nitrogen and oxygen atoms in total. The van der Waals surface area contributed by atoms with E-state index in [1.807, 2.05) is 24.3 Å². The van der Waals surface area contributed by atoms with Crippen LogP contribution < -0.4 is 5.32 Å². The normalized spacial score (nSPS) is 18.5. The average Bonchev–Trinajstić information content (AvgIpc) is 2.79. The van der Waals surface area contributed by atoms with Crippen molar-refractivity contribution < 1.29 is 9.59 Å². The lowest BCUT2D eigenvalue weighted by molar-refractivity contribution is 0.0979. The summed E-state index contributed by atoms with van der Waals surface area (Å²) in [7, 11) is 0. The monoisotopic (exact) mass is 418 g/mol. The van der Waals surface area contributed by atoms with Gasteiger partial charge in [-0.3, -0.25) is 9.59 Å². The minimum absolute atomic E-state index is 0.0205. The Balaban J connectivity index is 1.53. The van der Waals surface area contributed by atoms with Gasteiger partial charge < -0.3 is 10.2 Å². The van der Waals surface area contributed by atoms with Gasteiger partial charge in [0.1, 0.15) is 0 Å². The number of rotatable bonds is 8. The quantitative estimate of drug-likeness (QED) is 0.563. The van der Waals surface area contributed by atoms with Crippen molar-refractivity contribution in [2.75, 3.05) is 19.6 Å². The third kappa shape index (κ3) is 4.37. The van der Waals surface area contributed by atoms with E-state index in [2.05, 4.69) is 31.0 Å². The van der Waals surface area contributed by atoms with Crippen LogP contribution in [0.2, 0.25) is 0 Å². The molecule has 0 unspecified atom stereocenters. The number of nitrogens with one attached hydrogen (secondary N) is 1. The zero-order valence-corrected chi connectivity index (χ0v) is 19.0. The van der Waals surface area contributed by atoms with Crippen LogP contribution in [0.25, 0.3) is 0 Å². The predicted octanol–water partition coefficient (Wildman–Crippen LogP) is 4.94. The predicted molar refractivity (Wildman–Crippen MR) is 125 cm³/mol. The molecule has 0 saturated heterocycles. The highest BCUT2D eigenvalue weighted by atomic mass is 16.1. The Morgan fingerprint density at radius 1 is 1.00 bits per heavy atom. The summed E-state index contributed by atoms with van der Waals surface area (Å²) in [5.41, 5.74) is 4.65. The molecule has 0 heterocycles. The van der Waals surface area contributed by atoms with Crippen LogP contribution in [-0.4, -0.2) is 42.1 Å². The zero-order valence-electron chi connectivity index (χ0n) is 19.0. The highest BCUT2D eigenvalue weighted by Crippen LogP contribution is 2.36. The van der Waals surface area contributed by atoms with E-state index in [4.69, 9.17) is 0 Å². The van der Waals surface area contributed by atoms with E-state index in [0.717, 1.165) is 45.3 Å². The molecule has 4 heteroatoms. The molecular formula is C27H34N2O2. The van der Waals surface area contributed by atoms with E-state index in [-0.39, 0.29) is 17.6 Å². The minimum Gasteiger partial charge on any atom is -0.307 e. The lowest BCUT2D eigenvalue weighted by Crippen LogP contribution is -2.34. The van der Waals surface area contributed by atoms with E-state index in [9.17, 15) is 9.59 Å². The molecule has 2 aliphatic rings. The summed E-state index contributed by atoms with van der Waals surface area (Å²) in [4.78, 5) is 28.7. The molecule has 31 heavy (non-hydrogen) atoms. The average molecular weight is 419 g/mol. The van der Waals surface area contributed by atoms with Crippen molar-refractivity contribution in [2.45, 2.75) is 65.0 Å². The molecule has 0 spiro atoms. The Morgan fingerprint density at radius 2 is 1.65 bits per heavy atom. The third-order valence-electron chi connectivity index (χ3n) is 6.99. The van der Waals surface area contributed by atoms with Gasteiger partial charge in [0.15, 0.2) is 11.6 Å². The van der Waals surface area contributed by atoms with E-state index < -0.39 is 0 Å². The molecule has 0 aliphatic heterocycles. The maximum atomic E-state index is 13.2. The van der Waals surface area contributed by atoms with Crippen molar-refractivity contribution in [2.24, 2.45) is 0 Å². The lowest BCUT2D eigenvalue weighted by Gasteiger charge is -2.31. The van der Waals surface area contributed by atoms with Gasteiger partial charge in [-0.15, -0.1) is 0 Å². The van der Waals surface area contributed by atoms with Crippen LogP contribution in [0.15, 0.2) is 36.4 Å². The van der Waals surface area contributed by atoms with E-state index >= 15 is 0 Å². The molecule has 0 bridgehead atoms. The summed E-state index contributed by atoms with van der Waals surface area (Å²) in [5.74, 6) is -0.0440. The molecule has 0 aromatic heterocycles. The number of carbonyl (C=O) groups excluding carboxylic acids is 2. The van der Waals surface area contributed by atoms with Crippen LogP contribution in [0.4, 0.5) is 0 Å². The van der Waals surface area contributed by atoms with Crippen LogP contribution in [-0.2, 0) is 6.42 Å². The summed E-state index contributed by atoms with van der Waals surface area (Å²) in [6.07, 6.45) is 5.47. The van der Waals surface area contributed by atoms with Gasteiger partial charge in [0.2, 0.25) is 0 Å². The smallest absolute Gasteiger partial charge is 0.194 e. The Hall–Kier alpha value is -2.30. The van der Waals surface area contributed by atoms with Crippen molar-refractivity contribution in [3.8, 4) is 0 Å². The topological polar surface area (TPSA) is 49.4 Å². The summed E-state index contributed by atoms with van der Waals surface area (Å²) in [6, 6.07) is 11.9. The van der Waals surface area contributed by atoms with Crippen molar-refractivity contribution in [3.05, 3.63) is 69.8 Å². The Bertz CT molecular complexity index is 977. The number of nitrogens with zero attached hydrogens (tertiary/aromatic N) is 1. The van der Waals surface area contributed by atoms with Gasteiger partial charge in [0.05, 0.1) is 0 Å². The Labute approximate surface area is 186 Å². The zero-order chi connectivity index (χ0) is 22.0. The first-order chi connectivity index (χ1) is 15.0. The second-order valence-electron chi connectivity index (χ2n) is 8.98. The van der Waals surface area contributed by atoms with Gasteiger partial charge in [-0.25, -0.2) is 0 Å². The lowest BCUT2D eigenvalue weighted by atomic mass is 9.78. The van der Waals surface area contributed by atoms with E-state index in [1.165, 1.54) is 17.5 Å². The van der Waals surface area contributed by atoms with Gasteiger partial charge >= 0.3 is 0 Å². The molecule has 1 N–H and O–H groups in total. The van der Waals surface area contributed by atoms with Crippen molar-refractivity contribution >= 4 is 11.6 Å². The van der Waals surface area contributed by atoms with Crippen LogP contribution in [0, 0.1) is 0 Å². The first-order valence-corrected chi connectivity index (χ1v) is 11.9. The molecule has 2 aromatic carbocycles. The number of hydrogen-bond donors (Lipinski definition) is 1. The minimum atomic E-state index is -0.0235. The van der Waals surface area contributed by atoms with Crippen LogP contribution in [0.1, 0.15) is 95.5 Å². The second-order valence-corrected chi connectivity index (χ2v) is 8.98. The molecule has 2 aliphatic carbocycles. The van der Waals surface area contributed by atoms with Gasteiger partial charge in [-0.2, -0.15) is 0 Å². The largest absolute Gasteiger partial charge is 0.307 e. The SMILES string of the molecule is CCN(CC)CCC[C@@H](C)N[C@@H]1CCCc2cc3c(cc21)C(=O)c1ccccc1C3=O. The maximum absolute atomic E-state index is 13.2. The summed E-state index contributed by atoms with van der Waals surface area (Å²) >= 11 is 0. The summed E-state index contributed by atoms with van der Waals surface area (Å²) in [5, 5.41) is 3.82. The van der Waals surface area contributed by atoms with Crippen molar-refractivity contribution in [1.82, 2.24) is 10.2 Å². The van der Waals surface area contributed by atoms with Crippen molar-refractivity contribution in [1.29, 1.82) is 0 Å². The van der Waals surface area contributed by atoms with E-state index in [1.54, 1.807) is 12.1 Å². The first-order valence-electron chi connectivity index (χ1n) is 11.9. The summed E-state index contributed by atoms with van der Waals surface area (Å²) in [6.45, 7) is 10.1. The second kappa shape index (κ2) is 9.46. The molecule has 4 rings (SSSR count). The van der Waals surface area contributed by atoms with E-state index in [0.29, 0.717) is 28.3 Å². The number of aryl methyl sites for hydroxylation is 1. The molecule has 0 amide bonds. The fourth-order valence-corrected chi connectivity index (χ4v) is 5.16. The number of fused-ring (bicyclic) bond motifs is 3. The Morgan fingerprint density at radius 3 is 2.29 bits per heavy atom. The van der Waals surface area contributed by atoms with Crippen molar-refractivity contribution in [3.63, 3.8) is 0 Å². The molecule has 2 atom stereocenters. The molecule has 164 valence electrons. The maximum Gasteiger partial charge on any atom is 0.194 e. The first kappa shape index (κ1) is 21.9. The van der Waals surface area contributed by atoms with Gasteiger partial charge in [-0.1, -0.05) is 38.1 Å². The summed E-state index contributed by atoms with van der Waals surface area (Å²) < 4.78 is 0. The fourth-order valence-electron chi connectivity index (χ4n) is 5.16. The number of hydrogen-bond acceptors (Lipinski definition) is 4. The third-order valence-corrected chi connectivity index (χ3v) is 6.99. The van der Waals surface area contributed by atoms with Crippen LogP contribution in [0.3, 0.4) is 0 Å². The van der Waals surface area contributed by atoms with Gasteiger partial charge in [0.25, 0.3) is 0 Å². The van der Waals surface area contributed by atoms with Gasteiger partial charge in [-0.05, 0) is 81.9 Å². The molecular weight excluding hydrogens is 384 g/mol. The molecule has 0 radical (unpaired) electrons.